The smallest absolute Gasteiger partial charge is 0.258 e. The number of furan rings is 1. The molecule has 0 N–H and O–H groups in total. The summed E-state index contributed by atoms with van der Waals surface area (Å²) in [7, 11) is 1.74. The summed E-state index contributed by atoms with van der Waals surface area (Å²) in [6, 6.07) is 14.9. The van der Waals surface area contributed by atoms with Gasteiger partial charge in [-0.15, -0.1) is 0 Å². The molecule has 2 aliphatic rings. The van der Waals surface area contributed by atoms with Gasteiger partial charge in [-0.05, 0) is 31.5 Å². The molecule has 3 amide bonds. The number of para-hydroxylation sites is 2. The molecule has 0 aliphatic carbocycles. The first-order valence-corrected chi connectivity index (χ1v) is 11.3. The number of hydrogen-bond acceptors (Lipinski definition) is 4. The van der Waals surface area contributed by atoms with E-state index >= 15 is 0 Å². The summed E-state index contributed by atoms with van der Waals surface area (Å²) in [5.74, 6) is 0.429. The Hall–Kier alpha value is -3.61. The molecule has 0 saturated carbocycles. The van der Waals surface area contributed by atoms with Crippen LogP contribution >= 0.6 is 0 Å². The predicted molar refractivity (Wildman–Crippen MR) is 125 cm³/mol. The highest BCUT2D eigenvalue weighted by Crippen LogP contribution is 2.43. The minimum Gasteiger partial charge on any atom is -0.461 e. The fourth-order valence-electron chi connectivity index (χ4n) is 5.13. The van der Waals surface area contributed by atoms with Crippen LogP contribution in [0.15, 0.2) is 52.9 Å². The predicted octanol–water partition coefficient (Wildman–Crippen LogP) is 3.95. The first kappa shape index (κ1) is 21.2. The number of fused-ring (bicyclic) bond motifs is 4. The van der Waals surface area contributed by atoms with Crippen LogP contribution in [0.1, 0.15) is 48.4 Å². The largest absolute Gasteiger partial charge is 0.461 e. The van der Waals surface area contributed by atoms with Gasteiger partial charge in [0.1, 0.15) is 23.6 Å². The van der Waals surface area contributed by atoms with E-state index in [1.807, 2.05) is 44.2 Å². The Bertz CT molecular complexity index is 1280. The van der Waals surface area contributed by atoms with Crippen LogP contribution in [0.2, 0.25) is 0 Å². The second-order valence-electron chi connectivity index (χ2n) is 8.96. The van der Waals surface area contributed by atoms with E-state index < -0.39 is 5.66 Å². The molecule has 0 radical (unpaired) electrons. The van der Waals surface area contributed by atoms with E-state index in [4.69, 9.17) is 4.42 Å². The quantitative estimate of drug-likeness (QED) is 0.596. The van der Waals surface area contributed by atoms with E-state index in [0.29, 0.717) is 30.6 Å². The lowest BCUT2D eigenvalue weighted by molar-refractivity contribution is -0.132. The summed E-state index contributed by atoms with van der Waals surface area (Å²) >= 11 is 0. The molecule has 33 heavy (non-hydrogen) atoms. The van der Waals surface area contributed by atoms with Crippen LogP contribution in [0.25, 0.3) is 11.0 Å². The zero-order valence-electron chi connectivity index (χ0n) is 19.1. The molecule has 5 rings (SSSR count). The number of benzene rings is 2. The van der Waals surface area contributed by atoms with Crippen molar-refractivity contribution in [1.82, 2.24) is 9.80 Å². The highest BCUT2D eigenvalue weighted by Gasteiger charge is 2.53. The molecule has 1 atom stereocenters. The molecule has 3 heterocycles. The number of rotatable bonds is 5. The van der Waals surface area contributed by atoms with Gasteiger partial charge in [0.05, 0.1) is 11.3 Å². The van der Waals surface area contributed by atoms with Gasteiger partial charge in [-0.1, -0.05) is 37.3 Å². The molecule has 1 unspecified atom stereocenters. The van der Waals surface area contributed by atoms with Gasteiger partial charge in [-0.2, -0.15) is 0 Å². The summed E-state index contributed by atoms with van der Waals surface area (Å²) in [6.07, 6.45) is 1.57. The zero-order valence-corrected chi connectivity index (χ0v) is 19.1. The lowest BCUT2D eigenvalue weighted by Crippen LogP contribution is -2.63. The van der Waals surface area contributed by atoms with Crippen LogP contribution in [0.5, 0.6) is 0 Å². The molecular formula is C26H27N3O4. The Balaban J connectivity index is 1.43. The average molecular weight is 446 g/mol. The van der Waals surface area contributed by atoms with Gasteiger partial charge in [0.15, 0.2) is 0 Å². The minimum atomic E-state index is -0.851. The van der Waals surface area contributed by atoms with Crippen LogP contribution in [-0.4, -0.2) is 46.8 Å². The molecule has 7 heteroatoms. The van der Waals surface area contributed by atoms with Crippen molar-refractivity contribution >= 4 is 34.4 Å². The van der Waals surface area contributed by atoms with E-state index in [0.717, 1.165) is 28.7 Å². The van der Waals surface area contributed by atoms with Crippen molar-refractivity contribution in [3.8, 4) is 0 Å². The average Bonchev–Trinajstić information content (AvgIpc) is 3.33. The van der Waals surface area contributed by atoms with E-state index in [1.54, 1.807) is 39.9 Å². The van der Waals surface area contributed by atoms with Crippen molar-refractivity contribution in [3.05, 3.63) is 65.4 Å². The summed E-state index contributed by atoms with van der Waals surface area (Å²) in [4.78, 5) is 44.4. The second-order valence-corrected chi connectivity index (χ2v) is 8.96. The molecule has 1 saturated heterocycles. The highest BCUT2D eigenvalue weighted by molar-refractivity contribution is 6.11. The maximum Gasteiger partial charge on any atom is 0.258 e. The number of amides is 3. The Morgan fingerprint density at radius 3 is 2.64 bits per heavy atom. The number of carbonyl (C=O) groups is 3. The fourth-order valence-corrected chi connectivity index (χ4v) is 5.13. The first-order valence-electron chi connectivity index (χ1n) is 11.3. The third-order valence-electron chi connectivity index (χ3n) is 6.96. The van der Waals surface area contributed by atoms with Crippen molar-refractivity contribution in [2.75, 3.05) is 18.5 Å². The molecule has 170 valence electrons. The van der Waals surface area contributed by atoms with Gasteiger partial charge in [-0.3, -0.25) is 19.3 Å². The normalized spacial score (nSPS) is 19.7. The number of carbonyl (C=O) groups excluding carboxylic acids is 3. The van der Waals surface area contributed by atoms with Gasteiger partial charge in [0, 0.05) is 37.4 Å². The highest BCUT2D eigenvalue weighted by atomic mass is 16.3. The molecule has 2 aromatic carbocycles. The monoisotopic (exact) mass is 445 g/mol. The van der Waals surface area contributed by atoms with Gasteiger partial charge < -0.3 is 14.2 Å². The van der Waals surface area contributed by atoms with Crippen molar-refractivity contribution in [2.24, 2.45) is 0 Å². The molecule has 0 bridgehead atoms. The van der Waals surface area contributed by atoms with Crippen molar-refractivity contribution < 1.29 is 18.8 Å². The van der Waals surface area contributed by atoms with Gasteiger partial charge in [-0.25, -0.2) is 0 Å². The molecule has 1 fully saturated rings. The Morgan fingerprint density at radius 1 is 1.12 bits per heavy atom. The van der Waals surface area contributed by atoms with Crippen LogP contribution in [0.3, 0.4) is 0 Å². The SMILES string of the molecule is CCc1oc2ccccc2c1CN(C)C(=O)CN1C(=O)c2ccccc2N2C(=O)CCC12C. The van der Waals surface area contributed by atoms with Crippen LogP contribution < -0.4 is 4.90 Å². The molecule has 1 aromatic heterocycles. The first-order chi connectivity index (χ1) is 15.8. The van der Waals surface area contributed by atoms with Crippen LogP contribution in [0.4, 0.5) is 5.69 Å². The summed E-state index contributed by atoms with van der Waals surface area (Å²) in [5.41, 5.74) is 2.02. The standard InChI is InChI=1S/C26H27N3O4/c1-4-21-19(17-9-6-8-12-22(17)33-21)15-27(3)24(31)16-28-25(32)18-10-5-7-11-20(18)29-23(30)13-14-26(28,29)2/h5-12H,4,13-16H2,1-3H3. The van der Waals surface area contributed by atoms with Gasteiger partial charge in [0.2, 0.25) is 11.8 Å². The van der Waals surface area contributed by atoms with Crippen molar-refractivity contribution in [1.29, 1.82) is 0 Å². The molecule has 3 aromatic rings. The van der Waals surface area contributed by atoms with Crippen molar-refractivity contribution in [2.45, 2.75) is 45.3 Å². The van der Waals surface area contributed by atoms with Crippen LogP contribution in [0, 0.1) is 0 Å². The Morgan fingerprint density at radius 2 is 1.85 bits per heavy atom. The topological polar surface area (TPSA) is 74.1 Å². The molecule has 7 nitrogen and oxygen atoms in total. The lowest BCUT2D eigenvalue weighted by atomic mass is 9.98. The summed E-state index contributed by atoms with van der Waals surface area (Å²) < 4.78 is 5.97. The van der Waals surface area contributed by atoms with Gasteiger partial charge >= 0.3 is 0 Å². The zero-order chi connectivity index (χ0) is 23.3. The summed E-state index contributed by atoms with van der Waals surface area (Å²) in [6.45, 7) is 4.19. The van der Waals surface area contributed by atoms with E-state index in [1.165, 1.54) is 0 Å². The third-order valence-corrected chi connectivity index (χ3v) is 6.96. The van der Waals surface area contributed by atoms with Gasteiger partial charge in [0.25, 0.3) is 5.91 Å². The second kappa shape index (κ2) is 7.76. The third kappa shape index (κ3) is 3.22. The molecule has 2 aliphatic heterocycles. The maximum atomic E-state index is 13.4. The number of nitrogens with zero attached hydrogens (tertiary/aromatic N) is 3. The Labute approximate surface area is 192 Å². The Kier molecular flexibility index (Phi) is 5.00. The number of likely N-dealkylation sites (N-methyl/N-ethyl adjacent to an activating group) is 1. The minimum absolute atomic E-state index is 0.0271. The number of hydrogen-bond donors (Lipinski definition) is 0. The van der Waals surface area contributed by atoms with Crippen molar-refractivity contribution in [3.63, 3.8) is 0 Å². The fraction of sp³-hybridized carbons (Fsp3) is 0.346. The lowest BCUT2D eigenvalue weighted by Gasteiger charge is -2.48. The van der Waals surface area contributed by atoms with E-state index in [-0.39, 0.29) is 24.3 Å². The maximum absolute atomic E-state index is 13.4. The molecular weight excluding hydrogens is 418 g/mol. The number of anilines is 1. The van der Waals surface area contributed by atoms with E-state index in [2.05, 4.69) is 0 Å². The van der Waals surface area contributed by atoms with E-state index in [9.17, 15) is 14.4 Å². The van der Waals surface area contributed by atoms with Crippen LogP contribution in [-0.2, 0) is 22.6 Å². The number of aryl methyl sites for hydroxylation is 1. The summed E-state index contributed by atoms with van der Waals surface area (Å²) in [5, 5.41) is 0.997. The molecule has 0 spiro atoms.